The van der Waals surface area contributed by atoms with Gasteiger partial charge in [0.2, 0.25) is 5.91 Å². The summed E-state index contributed by atoms with van der Waals surface area (Å²) in [4.78, 5) is 10.9. The quantitative estimate of drug-likeness (QED) is 0.875. The van der Waals surface area contributed by atoms with Crippen LogP contribution in [0.4, 0.5) is 5.69 Å². The molecule has 0 saturated carbocycles. The van der Waals surface area contributed by atoms with E-state index >= 15 is 0 Å². The number of nitrogens with one attached hydrogen (secondary N) is 1. The number of carbonyl (C=O) groups excluding carboxylic acids is 1. The molecule has 1 atom stereocenters. The summed E-state index contributed by atoms with van der Waals surface area (Å²) in [6.45, 7) is 1.70. The Kier molecular flexibility index (Phi) is 4.61. The highest BCUT2D eigenvalue weighted by Crippen LogP contribution is 2.34. The average Bonchev–Trinajstić information content (AvgIpc) is 2.21. The zero-order valence-corrected chi connectivity index (χ0v) is 12.1. The summed E-state index contributed by atoms with van der Waals surface area (Å²) in [6.07, 6.45) is 0. The smallest absolute Gasteiger partial charge is 0.239 e. The Morgan fingerprint density at radius 1 is 1.44 bits per heavy atom. The van der Waals surface area contributed by atoms with Gasteiger partial charge in [-0.25, -0.2) is 0 Å². The van der Waals surface area contributed by atoms with E-state index < -0.39 is 11.9 Å². The second-order valence-electron chi connectivity index (χ2n) is 3.23. The molecular weight excluding hydrogens is 340 g/mol. The average molecular weight is 352 g/mol. The Morgan fingerprint density at radius 2 is 2.06 bits per heavy atom. The lowest BCUT2D eigenvalue weighted by Crippen LogP contribution is -2.32. The lowest BCUT2D eigenvalue weighted by molar-refractivity contribution is -0.118. The maximum Gasteiger partial charge on any atom is 0.239 e. The van der Waals surface area contributed by atoms with Gasteiger partial charge >= 0.3 is 0 Å². The predicted molar refractivity (Wildman–Crippen MR) is 70.7 cm³/mol. The molecule has 1 unspecified atom stereocenters. The van der Waals surface area contributed by atoms with Gasteiger partial charge in [-0.15, -0.1) is 0 Å². The van der Waals surface area contributed by atoms with Crippen molar-refractivity contribution in [2.75, 3.05) is 12.4 Å². The normalized spacial score (nSPS) is 12.0. The fourth-order valence-electron chi connectivity index (χ4n) is 1.10. The number of carbonyl (C=O) groups is 1. The summed E-state index contributed by atoms with van der Waals surface area (Å²) in [5, 5.41) is 2.99. The van der Waals surface area contributed by atoms with Gasteiger partial charge in [0, 0.05) is 10.5 Å². The van der Waals surface area contributed by atoms with Crippen molar-refractivity contribution >= 4 is 43.5 Å². The molecule has 6 heteroatoms. The molecule has 0 aliphatic heterocycles. The Morgan fingerprint density at radius 3 is 2.56 bits per heavy atom. The predicted octanol–water partition coefficient (Wildman–Crippen LogP) is 2.51. The first kappa shape index (κ1) is 13.3. The van der Waals surface area contributed by atoms with Crippen LogP contribution in [0.25, 0.3) is 0 Å². The molecule has 1 aromatic rings. The zero-order valence-electron chi connectivity index (χ0n) is 8.88. The highest BCUT2D eigenvalue weighted by Gasteiger charge is 2.12. The molecule has 0 aliphatic rings. The Balaban J connectivity index is 3.00. The monoisotopic (exact) mass is 350 g/mol. The molecule has 0 aromatic heterocycles. The van der Waals surface area contributed by atoms with E-state index in [1.165, 1.54) is 0 Å². The summed E-state index contributed by atoms with van der Waals surface area (Å²) in [6, 6.07) is 3.19. The number of rotatable bonds is 4. The van der Waals surface area contributed by atoms with Crippen molar-refractivity contribution in [3.05, 3.63) is 21.1 Å². The first-order valence-electron chi connectivity index (χ1n) is 4.54. The number of ether oxygens (including phenoxy) is 1. The molecule has 1 amide bonds. The molecule has 0 saturated heterocycles. The topological polar surface area (TPSA) is 64.3 Å². The number of amides is 1. The number of hydrogen-bond donors (Lipinski definition) is 2. The number of nitrogens with two attached hydrogens (primary N) is 1. The molecule has 4 nitrogen and oxygen atoms in total. The van der Waals surface area contributed by atoms with Crippen LogP contribution in [0, 0.1) is 0 Å². The third-order valence-electron chi connectivity index (χ3n) is 2.04. The van der Waals surface area contributed by atoms with E-state index in [4.69, 9.17) is 10.5 Å². The highest BCUT2D eigenvalue weighted by atomic mass is 79.9. The van der Waals surface area contributed by atoms with E-state index in [2.05, 4.69) is 37.2 Å². The van der Waals surface area contributed by atoms with Gasteiger partial charge in [0.05, 0.1) is 17.3 Å². The Bertz CT molecular complexity index is 410. The number of methoxy groups -OCH3 is 1. The van der Waals surface area contributed by atoms with Crippen molar-refractivity contribution < 1.29 is 9.53 Å². The molecule has 0 radical (unpaired) electrons. The summed E-state index contributed by atoms with van der Waals surface area (Å²) >= 11 is 6.75. The Labute approximate surface area is 111 Å². The number of hydrogen-bond acceptors (Lipinski definition) is 3. The molecule has 3 N–H and O–H groups in total. The maximum absolute atomic E-state index is 10.9. The molecular formula is C10H12Br2N2O2. The molecule has 0 heterocycles. The lowest BCUT2D eigenvalue weighted by atomic mass is 10.2. The first-order valence-corrected chi connectivity index (χ1v) is 6.13. The first-order chi connectivity index (χ1) is 7.45. The van der Waals surface area contributed by atoms with E-state index in [1.54, 1.807) is 20.1 Å². The minimum Gasteiger partial charge on any atom is -0.495 e. The molecule has 0 fully saturated rings. The Hall–Kier alpha value is -0.750. The summed E-state index contributed by atoms with van der Waals surface area (Å²) in [5.74, 6) is 0.274. The van der Waals surface area contributed by atoms with E-state index in [1.807, 2.05) is 6.07 Å². The third-order valence-corrected chi connectivity index (χ3v) is 3.32. The maximum atomic E-state index is 10.9. The van der Waals surface area contributed by atoms with Gasteiger partial charge in [-0.05, 0) is 44.8 Å². The van der Waals surface area contributed by atoms with Crippen LogP contribution in [0.3, 0.4) is 0 Å². The van der Waals surface area contributed by atoms with Crippen LogP contribution in [0.2, 0.25) is 0 Å². The van der Waals surface area contributed by atoms with Gasteiger partial charge in [-0.3, -0.25) is 4.79 Å². The van der Waals surface area contributed by atoms with Gasteiger partial charge < -0.3 is 15.8 Å². The van der Waals surface area contributed by atoms with Crippen LogP contribution in [-0.4, -0.2) is 19.1 Å². The van der Waals surface area contributed by atoms with Gasteiger partial charge in [0.15, 0.2) is 0 Å². The fourth-order valence-corrected chi connectivity index (χ4v) is 2.37. The van der Waals surface area contributed by atoms with Gasteiger partial charge in [0.1, 0.15) is 11.8 Å². The molecule has 0 aliphatic carbocycles. The van der Waals surface area contributed by atoms with Gasteiger partial charge in [0.25, 0.3) is 0 Å². The minimum absolute atomic E-state index is 0.409. The lowest BCUT2D eigenvalue weighted by Gasteiger charge is -2.15. The van der Waals surface area contributed by atoms with E-state index in [-0.39, 0.29) is 0 Å². The second-order valence-corrected chi connectivity index (χ2v) is 4.94. The van der Waals surface area contributed by atoms with Crippen molar-refractivity contribution in [1.82, 2.24) is 0 Å². The highest BCUT2D eigenvalue weighted by molar-refractivity contribution is 9.11. The number of benzene rings is 1. The molecule has 88 valence electrons. The van der Waals surface area contributed by atoms with Crippen LogP contribution in [0.5, 0.6) is 5.75 Å². The number of primary amides is 1. The number of halogens is 2. The van der Waals surface area contributed by atoms with Crippen LogP contribution >= 0.6 is 31.9 Å². The molecule has 0 bridgehead atoms. The summed E-state index contributed by atoms with van der Waals surface area (Å²) < 4.78 is 6.82. The standard InChI is InChI=1S/C10H12Br2N2O2/c1-5(10(13)15)14-8-4-9(16-2)7(12)3-6(8)11/h3-5,14H,1-2H3,(H2,13,15). The fraction of sp³-hybridized carbons (Fsp3) is 0.300. The van der Waals surface area contributed by atoms with Crippen LogP contribution in [0.15, 0.2) is 21.1 Å². The van der Waals surface area contributed by atoms with Crippen molar-refractivity contribution in [2.45, 2.75) is 13.0 Å². The summed E-state index contributed by atoms with van der Waals surface area (Å²) in [5.41, 5.74) is 5.93. The zero-order chi connectivity index (χ0) is 12.3. The van der Waals surface area contributed by atoms with Crippen LogP contribution < -0.4 is 15.8 Å². The van der Waals surface area contributed by atoms with Crippen molar-refractivity contribution in [3.8, 4) is 5.75 Å². The largest absolute Gasteiger partial charge is 0.495 e. The molecule has 0 spiro atoms. The number of anilines is 1. The van der Waals surface area contributed by atoms with Crippen molar-refractivity contribution in [3.63, 3.8) is 0 Å². The SMILES string of the molecule is COc1cc(NC(C)C(N)=O)c(Br)cc1Br. The van der Waals surface area contributed by atoms with Crippen molar-refractivity contribution in [2.24, 2.45) is 5.73 Å². The van der Waals surface area contributed by atoms with E-state index in [9.17, 15) is 4.79 Å². The van der Waals surface area contributed by atoms with E-state index in [0.29, 0.717) is 5.75 Å². The van der Waals surface area contributed by atoms with E-state index in [0.717, 1.165) is 14.6 Å². The second kappa shape index (κ2) is 5.54. The minimum atomic E-state index is -0.442. The van der Waals surface area contributed by atoms with Crippen molar-refractivity contribution in [1.29, 1.82) is 0 Å². The summed E-state index contributed by atoms with van der Waals surface area (Å²) in [7, 11) is 1.58. The molecule has 16 heavy (non-hydrogen) atoms. The van der Waals surface area contributed by atoms with Gasteiger partial charge in [-0.1, -0.05) is 0 Å². The molecule has 1 aromatic carbocycles. The van der Waals surface area contributed by atoms with Crippen LogP contribution in [0.1, 0.15) is 6.92 Å². The van der Waals surface area contributed by atoms with Crippen LogP contribution in [-0.2, 0) is 4.79 Å². The third kappa shape index (κ3) is 3.12. The molecule has 1 rings (SSSR count). The van der Waals surface area contributed by atoms with Gasteiger partial charge in [-0.2, -0.15) is 0 Å².